The number of aromatic amines is 2. The van der Waals surface area contributed by atoms with Gasteiger partial charge in [-0.05, 0) is 121 Å². The molecule has 4 bridgehead atoms. The standard InChI is InChI=1S/C40H46N4O2/c1-45-29-10-12-35-31(17-29)33(21-41-35)37-25-6-8-27(15-25)39(37)43-19-23-4-3-5-24(14-23)20-44-40-28-9-7-26(16-28)38(40)34-22-42-36-13-11-30(46-2)18-32(34)36/h3-5,10-14,17-18,21-22,25-28,37-44H,6-9,15-16,19-20H2,1-2H3/t25-,26-,27-,28+,37-,38+,39-,40+/m0/s1. The molecule has 238 valence electrons. The van der Waals surface area contributed by atoms with Crippen LogP contribution in [0.15, 0.2) is 73.1 Å². The summed E-state index contributed by atoms with van der Waals surface area (Å²) in [4.78, 5) is 7.11. The third kappa shape index (κ3) is 4.75. The first-order valence-electron chi connectivity index (χ1n) is 17.5. The van der Waals surface area contributed by atoms with Crippen molar-refractivity contribution in [3.63, 3.8) is 0 Å². The summed E-state index contributed by atoms with van der Waals surface area (Å²) in [6.45, 7) is 1.83. The molecule has 0 spiro atoms. The van der Waals surface area contributed by atoms with Crippen LogP contribution in [-0.2, 0) is 13.1 Å². The molecule has 4 aliphatic carbocycles. The Kier molecular flexibility index (Phi) is 7.12. The molecule has 9 rings (SSSR count). The van der Waals surface area contributed by atoms with Gasteiger partial charge in [-0.2, -0.15) is 0 Å². The molecule has 4 saturated carbocycles. The maximum Gasteiger partial charge on any atom is 0.119 e. The highest BCUT2D eigenvalue weighted by Crippen LogP contribution is 2.55. The third-order valence-corrected chi connectivity index (χ3v) is 12.5. The lowest BCUT2D eigenvalue weighted by Gasteiger charge is -2.32. The molecule has 0 amide bonds. The van der Waals surface area contributed by atoms with Gasteiger partial charge in [-0.15, -0.1) is 0 Å². The van der Waals surface area contributed by atoms with Crippen LogP contribution in [0.2, 0.25) is 0 Å². The van der Waals surface area contributed by atoms with E-state index in [0.29, 0.717) is 23.9 Å². The van der Waals surface area contributed by atoms with Crippen molar-refractivity contribution in [2.24, 2.45) is 23.7 Å². The average molecular weight is 615 g/mol. The molecule has 0 radical (unpaired) electrons. The molecular formula is C40H46N4O2. The monoisotopic (exact) mass is 614 g/mol. The average Bonchev–Trinajstić information content (AvgIpc) is 3.95. The molecule has 0 unspecified atom stereocenters. The normalized spacial score (nSPS) is 29.8. The topological polar surface area (TPSA) is 74.1 Å². The van der Waals surface area contributed by atoms with Crippen molar-refractivity contribution in [3.05, 3.63) is 95.3 Å². The van der Waals surface area contributed by atoms with Gasteiger partial charge in [-0.3, -0.25) is 0 Å². The van der Waals surface area contributed by atoms with E-state index in [1.165, 1.54) is 82.6 Å². The molecule has 0 aliphatic heterocycles. The highest BCUT2D eigenvalue weighted by molar-refractivity contribution is 5.86. The molecule has 5 aromatic rings. The lowest BCUT2D eigenvalue weighted by molar-refractivity contribution is 0.309. The fourth-order valence-electron chi connectivity index (χ4n) is 10.4. The molecule has 4 aliphatic rings. The molecule has 2 aromatic heterocycles. The van der Waals surface area contributed by atoms with E-state index < -0.39 is 0 Å². The first-order chi connectivity index (χ1) is 22.7. The van der Waals surface area contributed by atoms with Crippen molar-refractivity contribution in [1.82, 2.24) is 20.6 Å². The minimum absolute atomic E-state index is 0.510. The zero-order valence-corrected chi connectivity index (χ0v) is 27.0. The second-order valence-electron chi connectivity index (χ2n) is 14.7. The lowest BCUT2D eigenvalue weighted by Crippen LogP contribution is -2.39. The maximum atomic E-state index is 5.59. The summed E-state index contributed by atoms with van der Waals surface area (Å²) in [5.74, 6) is 6.00. The predicted molar refractivity (Wildman–Crippen MR) is 185 cm³/mol. The second-order valence-corrected chi connectivity index (χ2v) is 14.7. The largest absolute Gasteiger partial charge is 0.497 e. The van der Waals surface area contributed by atoms with E-state index in [4.69, 9.17) is 9.47 Å². The van der Waals surface area contributed by atoms with Crippen molar-refractivity contribution in [1.29, 1.82) is 0 Å². The predicted octanol–water partition coefficient (Wildman–Crippen LogP) is 8.01. The molecule has 4 N–H and O–H groups in total. The van der Waals surface area contributed by atoms with E-state index in [0.717, 1.165) is 48.3 Å². The summed E-state index contributed by atoms with van der Waals surface area (Å²) in [5.41, 5.74) is 8.11. The van der Waals surface area contributed by atoms with Gasteiger partial charge in [0.25, 0.3) is 0 Å². The number of hydrogen-bond acceptors (Lipinski definition) is 4. The third-order valence-electron chi connectivity index (χ3n) is 12.5. The molecule has 6 heteroatoms. The summed E-state index contributed by atoms with van der Waals surface area (Å²) in [6.07, 6.45) is 12.6. The van der Waals surface area contributed by atoms with Gasteiger partial charge in [-0.1, -0.05) is 24.3 Å². The minimum atomic E-state index is 0.510. The van der Waals surface area contributed by atoms with Crippen LogP contribution in [0.4, 0.5) is 0 Å². The molecule has 0 saturated heterocycles. The summed E-state index contributed by atoms with van der Waals surface area (Å²) in [7, 11) is 3.52. The minimum Gasteiger partial charge on any atom is -0.497 e. The number of ether oxygens (including phenoxy) is 2. The van der Waals surface area contributed by atoms with Gasteiger partial charge in [0.05, 0.1) is 14.2 Å². The Morgan fingerprint density at radius 2 is 1.09 bits per heavy atom. The van der Waals surface area contributed by atoms with Gasteiger partial charge in [0.2, 0.25) is 0 Å². The Morgan fingerprint density at radius 1 is 0.609 bits per heavy atom. The van der Waals surface area contributed by atoms with Gasteiger partial charge in [0, 0.05) is 71.2 Å². The van der Waals surface area contributed by atoms with Crippen LogP contribution in [0.3, 0.4) is 0 Å². The SMILES string of the molecule is COc1ccc2[nH]cc([C@@H]3[C@H]4CC[C@@H](C4)[C@@H]3NCc3cccc(CN[C@@H]4[C@@H]5CC[C@@H](C5)[C@@H]4c4c[nH]c5ccc(OC)cc45)c3)c2c1. The molecule has 46 heavy (non-hydrogen) atoms. The first kappa shape index (κ1) is 28.5. The number of nitrogens with one attached hydrogen (secondary N) is 4. The Morgan fingerprint density at radius 3 is 1.57 bits per heavy atom. The van der Waals surface area contributed by atoms with Crippen LogP contribution in [-0.4, -0.2) is 36.3 Å². The zero-order valence-electron chi connectivity index (χ0n) is 27.0. The second kappa shape index (κ2) is 11.5. The summed E-state index contributed by atoms with van der Waals surface area (Å²) in [5, 5.41) is 10.8. The van der Waals surface area contributed by atoms with Crippen LogP contribution in [0.5, 0.6) is 11.5 Å². The van der Waals surface area contributed by atoms with Crippen molar-refractivity contribution in [3.8, 4) is 11.5 Å². The van der Waals surface area contributed by atoms with Crippen LogP contribution < -0.4 is 20.1 Å². The van der Waals surface area contributed by atoms with Gasteiger partial charge in [0.15, 0.2) is 0 Å². The van der Waals surface area contributed by atoms with Crippen molar-refractivity contribution < 1.29 is 9.47 Å². The number of aromatic nitrogens is 2. The van der Waals surface area contributed by atoms with Crippen LogP contribution in [0, 0.1) is 23.7 Å². The smallest absolute Gasteiger partial charge is 0.119 e. The first-order valence-corrected chi connectivity index (χ1v) is 17.5. The fourth-order valence-corrected chi connectivity index (χ4v) is 10.4. The number of fused-ring (bicyclic) bond motifs is 6. The number of benzene rings is 3. The van der Waals surface area contributed by atoms with Crippen molar-refractivity contribution >= 4 is 21.8 Å². The zero-order chi connectivity index (χ0) is 30.8. The lowest BCUT2D eigenvalue weighted by atomic mass is 9.79. The molecule has 6 nitrogen and oxygen atoms in total. The number of H-pyrrole nitrogens is 2. The molecule has 8 atom stereocenters. The van der Waals surface area contributed by atoms with Crippen LogP contribution in [0.1, 0.15) is 72.6 Å². The highest BCUT2D eigenvalue weighted by Gasteiger charge is 2.49. The van der Waals surface area contributed by atoms with Crippen LogP contribution >= 0.6 is 0 Å². The van der Waals surface area contributed by atoms with E-state index in [-0.39, 0.29) is 0 Å². The molecule has 2 heterocycles. The Hall–Kier alpha value is -3.74. The molecule has 3 aromatic carbocycles. The van der Waals surface area contributed by atoms with Gasteiger partial charge >= 0.3 is 0 Å². The number of rotatable bonds is 10. The number of hydrogen-bond donors (Lipinski definition) is 4. The molecule has 4 fully saturated rings. The van der Waals surface area contributed by atoms with E-state index in [1.54, 1.807) is 14.2 Å². The van der Waals surface area contributed by atoms with Gasteiger partial charge in [0.1, 0.15) is 11.5 Å². The Labute approximate surface area is 271 Å². The molecular weight excluding hydrogens is 568 g/mol. The summed E-state index contributed by atoms with van der Waals surface area (Å²) >= 11 is 0. The Balaban J connectivity index is 0.904. The summed E-state index contributed by atoms with van der Waals surface area (Å²) in [6, 6.07) is 23.2. The fraction of sp³-hybridized carbons (Fsp3) is 0.450. The quantitative estimate of drug-likeness (QED) is 0.129. The van der Waals surface area contributed by atoms with Crippen molar-refractivity contribution in [2.75, 3.05) is 14.2 Å². The van der Waals surface area contributed by atoms with Gasteiger partial charge < -0.3 is 30.1 Å². The van der Waals surface area contributed by atoms with E-state index in [9.17, 15) is 0 Å². The maximum absolute atomic E-state index is 5.59. The summed E-state index contributed by atoms with van der Waals surface area (Å²) < 4.78 is 11.2. The number of methoxy groups -OCH3 is 2. The Bertz CT molecular complexity index is 1740. The van der Waals surface area contributed by atoms with Crippen LogP contribution in [0.25, 0.3) is 21.8 Å². The van der Waals surface area contributed by atoms with E-state index in [2.05, 4.69) is 93.7 Å². The highest BCUT2D eigenvalue weighted by atomic mass is 16.5. The van der Waals surface area contributed by atoms with E-state index in [1.807, 2.05) is 0 Å². The van der Waals surface area contributed by atoms with E-state index >= 15 is 0 Å². The van der Waals surface area contributed by atoms with Gasteiger partial charge in [-0.25, -0.2) is 0 Å². The van der Waals surface area contributed by atoms with Crippen molar-refractivity contribution in [2.45, 2.75) is 75.5 Å².